The smallest absolute Gasteiger partial charge is 0.159 e. The Kier molecular flexibility index (Phi) is 6.32. The van der Waals surface area contributed by atoms with Gasteiger partial charge in [0.1, 0.15) is 11.6 Å². The van der Waals surface area contributed by atoms with Gasteiger partial charge >= 0.3 is 0 Å². The van der Waals surface area contributed by atoms with E-state index < -0.39 is 23.3 Å². The average molecular weight is 424 g/mol. The standard InChI is InChI=1S/C27H24F4/c1-2-3-19-13-25(30)27(26(31)14-19)20-9-6-17(7-10-20)4-5-18-8-11-21-15-23(28)24(29)16-22(21)12-18/h8,11-17,20H,2-3,6-7,9-10H2,1H3. The fourth-order valence-electron chi connectivity index (χ4n) is 4.49. The number of benzene rings is 3. The molecule has 4 rings (SSSR count). The van der Waals surface area contributed by atoms with Crippen LogP contribution in [0.5, 0.6) is 0 Å². The first-order valence-electron chi connectivity index (χ1n) is 10.8. The molecule has 0 bridgehead atoms. The predicted octanol–water partition coefficient (Wildman–Crippen LogP) is 7.67. The highest BCUT2D eigenvalue weighted by atomic mass is 19.2. The van der Waals surface area contributed by atoms with E-state index in [2.05, 4.69) is 11.8 Å². The monoisotopic (exact) mass is 424 g/mol. The maximum atomic E-state index is 14.5. The van der Waals surface area contributed by atoms with Crippen LogP contribution in [0, 0.1) is 41.0 Å². The van der Waals surface area contributed by atoms with Crippen molar-refractivity contribution in [3.05, 3.63) is 82.4 Å². The van der Waals surface area contributed by atoms with Crippen molar-refractivity contribution in [2.24, 2.45) is 5.92 Å². The molecule has 0 N–H and O–H groups in total. The largest absolute Gasteiger partial charge is 0.207 e. The lowest BCUT2D eigenvalue weighted by Crippen LogP contribution is -2.15. The number of halogens is 4. The molecule has 0 radical (unpaired) electrons. The van der Waals surface area contributed by atoms with Gasteiger partial charge in [0.05, 0.1) is 0 Å². The van der Waals surface area contributed by atoms with Crippen LogP contribution in [0.2, 0.25) is 0 Å². The molecule has 0 amide bonds. The zero-order chi connectivity index (χ0) is 22.0. The van der Waals surface area contributed by atoms with Gasteiger partial charge in [0.15, 0.2) is 11.6 Å². The first-order chi connectivity index (χ1) is 14.9. The number of fused-ring (bicyclic) bond motifs is 1. The molecule has 1 aliphatic rings. The van der Waals surface area contributed by atoms with E-state index in [1.54, 1.807) is 18.2 Å². The van der Waals surface area contributed by atoms with E-state index in [1.807, 2.05) is 6.92 Å². The maximum Gasteiger partial charge on any atom is 0.159 e. The third-order valence-corrected chi connectivity index (χ3v) is 6.11. The van der Waals surface area contributed by atoms with Crippen LogP contribution in [0.25, 0.3) is 10.8 Å². The molecule has 0 nitrogen and oxygen atoms in total. The van der Waals surface area contributed by atoms with Gasteiger partial charge in [-0.1, -0.05) is 31.3 Å². The summed E-state index contributed by atoms with van der Waals surface area (Å²) < 4.78 is 55.9. The highest BCUT2D eigenvalue weighted by molar-refractivity contribution is 5.84. The van der Waals surface area contributed by atoms with Crippen molar-refractivity contribution in [3.8, 4) is 11.8 Å². The summed E-state index contributed by atoms with van der Waals surface area (Å²) >= 11 is 0. The van der Waals surface area contributed by atoms with E-state index in [-0.39, 0.29) is 17.4 Å². The second kappa shape index (κ2) is 9.14. The molecule has 0 aromatic heterocycles. The van der Waals surface area contributed by atoms with Gasteiger partial charge in [0, 0.05) is 17.0 Å². The number of hydrogen-bond donors (Lipinski definition) is 0. The Morgan fingerprint density at radius 1 is 0.774 bits per heavy atom. The van der Waals surface area contributed by atoms with Gasteiger partial charge < -0.3 is 0 Å². The number of hydrogen-bond acceptors (Lipinski definition) is 0. The van der Waals surface area contributed by atoms with Crippen LogP contribution in [0.4, 0.5) is 17.6 Å². The molecular formula is C27H24F4. The predicted molar refractivity (Wildman–Crippen MR) is 116 cm³/mol. The van der Waals surface area contributed by atoms with Crippen LogP contribution in [0.1, 0.15) is 61.6 Å². The molecule has 1 fully saturated rings. The molecule has 0 unspecified atom stereocenters. The van der Waals surface area contributed by atoms with Gasteiger partial charge in [-0.15, -0.1) is 0 Å². The van der Waals surface area contributed by atoms with E-state index in [0.29, 0.717) is 35.6 Å². The average Bonchev–Trinajstić information content (AvgIpc) is 2.74. The SMILES string of the molecule is CCCc1cc(F)c(C2CCC(C#Cc3ccc4cc(F)c(F)cc4c3)CC2)c(F)c1. The van der Waals surface area contributed by atoms with Crippen molar-refractivity contribution < 1.29 is 17.6 Å². The molecule has 3 aromatic rings. The molecule has 0 aliphatic heterocycles. The number of rotatable bonds is 3. The highest BCUT2D eigenvalue weighted by Gasteiger charge is 2.26. The summed E-state index contributed by atoms with van der Waals surface area (Å²) in [7, 11) is 0. The van der Waals surface area contributed by atoms with Crippen LogP contribution in [0.3, 0.4) is 0 Å². The minimum atomic E-state index is -0.877. The first-order valence-corrected chi connectivity index (χ1v) is 10.8. The highest BCUT2D eigenvalue weighted by Crippen LogP contribution is 2.38. The molecule has 0 spiro atoms. The molecule has 160 valence electrons. The summed E-state index contributed by atoms with van der Waals surface area (Å²) in [5, 5.41) is 1.23. The quantitative estimate of drug-likeness (QED) is 0.299. The van der Waals surface area contributed by atoms with Crippen molar-refractivity contribution in [3.63, 3.8) is 0 Å². The van der Waals surface area contributed by atoms with Crippen molar-refractivity contribution in [1.29, 1.82) is 0 Å². The molecule has 0 heterocycles. The van der Waals surface area contributed by atoms with Crippen molar-refractivity contribution in [2.45, 2.75) is 51.4 Å². The minimum absolute atomic E-state index is 0.118. The Balaban J connectivity index is 1.44. The van der Waals surface area contributed by atoms with E-state index >= 15 is 0 Å². The summed E-state index contributed by atoms with van der Waals surface area (Å²) in [5.41, 5.74) is 1.66. The molecule has 31 heavy (non-hydrogen) atoms. The van der Waals surface area contributed by atoms with Crippen LogP contribution in [-0.2, 0) is 6.42 Å². The summed E-state index contributed by atoms with van der Waals surface area (Å²) in [6, 6.07) is 10.6. The molecule has 1 saturated carbocycles. The van der Waals surface area contributed by atoms with E-state index in [0.717, 1.165) is 24.8 Å². The Morgan fingerprint density at radius 3 is 2.06 bits per heavy atom. The Hall–Kier alpha value is -2.80. The lowest BCUT2D eigenvalue weighted by molar-refractivity contribution is 0.366. The maximum absolute atomic E-state index is 14.5. The number of aryl methyl sites for hydroxylation is 1. The van der Waals surface area contributed by atoms with Gasteiger partial charge in [-0.2, -0.15) is 0 Å². The van der Waals surface area contributed by atoms with Crippen molar-refractivity contribution in [1.82, 2.24) is 0 Å². The summed E-state index contributed by atoms with van der Waals surface area (Å²) in [6.07, 6.45) is 4.48. The van der Waals surface area contributed by atoms with Gasteiger partial charge in [-0.3, -0.25) is 0 Å². The minimum Gasteiger partial charge on any atom is -0.207 e. The Bertz CT molecular complexity index is 1140. The third kappa shape index (κ3) is 4.77. The summed E-state index contributed by atoms with van der Waals surface area (Å²) in [5.74, 6) is 3.81. The zero-order valence-corrected chi connectivity index (χ0v) is 17.5. The Labute approximate surface area is 180 Å². The summed E-state index contributed by atoms with van der Waals surface area (Å²) in [6.45, 7) is 1.99. The zero-order valence-electron chi connectivity index (χ0n) is 17.5. The molecule has 0 atom stereocenters. The second-order valence-corrected chi connectivity index (χ2v) is 8.37. The van der Waals surface area contributed by atoms with Crippen molar-refractivity contribution in [2.75, 3.05) is 0 Å². The summed E-state index contributed by atoms with van der Waals surface area (Å²) in [4.78, 5) is 0. The fourth-order valence-corrected chi connectivity index (χ4v) is 4.49. The van der Waals surface area contributed by atoms with E-state index in [4.69, 9.17) is 0 Å². The second-order valence-electron chi connectivity index (χ2n) is 8.37. The molecular weight excluding hydrogens is 400 g/mol. The molecule has 4 heteroatoms. The van der Waals surface area contributed by atoms with Gasteiger partial charge in [0.25, 0.3) is 0 Å². The Morgan fingerprint density at radius 2 is 1.42 bits per heavy atom. The van der Waals surface area contributed by atoms with Crippen LogP contribution in [0.15, 0.2) is 42.5 Å². The van der Waals surface area contributed by atoms with Crippen LogP contribution in [-0.4, -0.2) is 0 Å². The normalized spacial score (nSPS) is 18.6. The van der Waals surface area contributed by atoms with Crippen LogP contribution >= 0.6 is 0 Å². The van der Waals surface area contributed by atoms with Gasteiger partial charge in [0.2, 0.25) is 0 Å². The van der Waals surface area contributed by atoms with Gasteiger partial charge in [-0.25, -0.2) is 17.6 Å². The first kappa shape index (κ1) is 21.4. The topological polar surface area (TPSA) is 0 Å². The lowest BCUT2D eigenvalue weighted by atomic mass is 9.78. The van der Waals surface area contributed by atoms with Crippen LogP contribution < -0.4 is 0 Å². The van der Waals surface area contributed by atoms with E-state index in [1.165, 1.54) is 24.3 Å². The van der Waals surface area contributed by atoms with E-state index in [9.17, 15) is 17.6 Å². The molecule has 1 aliphatic carbocycles. The lowest BCUT2D eigenvalue weighted by Gasteiger charge is -2.26. The fraction of sp³-hybridized carbons (Fsp3) is 0.333. The molecule has 0 saturated heterocycles. The third-order valence-electron chi connectivity index (χ3n) is 6.11. The van der Waals surface area contributed by atoms with Gasteiger partial charge in [-0.05, 0) is 90.8 Å². The van der Waals surface area contributed by atoms with Crippen molar-refractivity contribution >= 4 is 10.8 Å². The molecule has 3 aromatic carbocycles.